The molecule has 0 aromatic rings. The van der Waals surface area contributed by atoms with E-state index in [4.69, 9.17) is 15.7 Å². The third-order valence-corrected chi connectivity index (χ3v) is 4.33. The summed E-state index contributed by atoms with van der Waals surface area (Å²) in [6.07, 6.45) is 1.24. The zero-order chi connectivity index (χ0) is 15.5. The zero-order valence-electron chi connectivity index (χ0n) is 12.2. The Labute approximate surface area is 123 Å². The van der Waals surface area contributed by atoms with Gasteiger partial charge in [0.25, 0.3) is 0 Å². The first-order valence-electron chi connectivity index (χ1n) is 7.21. The van der Waals surface area contributed by atoms with Gasteiger partial charge in [-0.3, -0.25) is 9.59 Å². The Morgan fingerprint density at radius 3 is 2.81 bits per heavy atom. The van der Waals surface area contributed by atoms with Gasteiger partial charge in [0.2, 0.25) is 11.8 Å². The highest BCUT2D eigenvalue weighted by Gasteiger charge is 2.49. The maximum absolute atomic E-state index is 13.0. The Kier molecular flexibility index (Phi) is 4.66. The SMILES string of the molecule is CCC1C(=O)NCCN1C(=O)C1(C(N)=NO)CCOCC1. The lowest BCUT2D eigenvalue weighted by atomic mass is 9.77. The van der Waals surface area contributed by atoms with Crippen LogP contribution in [0.4, 0.5) is 0 Å². The minimum absolute atomic E-state index is 0.100. The summed E-state index contributed by atoms with van der Waals surface area (Å²) < 4.78 is 5.29. The Hall–Kier alpha value is -1.83. The van der Waals surface area contributed by atoms with Crippen LogP contribution < -0.4 is 11.1 Å². The van der Waals surface area contributed by atoms with Crippen LogP contribution >= 0.6 is 0 Å². The topological polar surface area (TPSA) is 117 Å². The molecule has 2 rings (SSSR count). The van der Waals surface area contributed by atoms with Crippen molar-refractivity contribution in [1.29, 1.82) is 0 Å². The highest BCUT2D eigenvalue weighted by atomic mass is 16.5. The summed E-state index contributed by atoms with van der Waals surface area (Å²) in [6, 6.07) is -0.502. The van der Waals surface area contributed by atoms with Crippen molar-refractivity contribution in [3.63, 3.8) is 0 Å². The summed E-state index contributed by atoms with van der Waals surface area (Å²) in [5.74, 6) is -0.502. The number of amidine groups is 1. The molecule has 2 amide bonds. The molecule has 1 atom stereocenters. The summed E-state index contributed by atoms with van der Waals surface area (Å²) in [7, 11) is 0. The molecular formula is C13H22N4O4. The summed E-state index contributed by atoms with van der Waals surface area (Å²) in [5, 5.41) is 14.9. The van der Waals surface area contributed by atoms with Crippen molar-refractivity contribution >= 4 is 17.6 Å². The molecule has 0 saturated carbocycles. The first-order valence-corrected chi connectivity index (χ1v) is 7.21. The number of piperazine rings is 1. The van der Waals surface area contributed by atoms with Crippen LogP contribution in [0.2, 0.25) is 0 Å². The van der Waals surface area contributed by atoms with Gasteiger partial charge < -0.3 is 25.9 Å². The van der Waals surface area contributed by atoms with E-state index in [2.05, 4.69) is 10.5 Å². The van der Waals surface area contributed by atoms with E-state index in [0.29, 0.717) is 45.6 Å². The fraction of sp³-hybridized carbons (Fsp3) is 0.769. The van der Waals surface area contributed by atoms with E-state index in [0.717, 1.165) is 0 Å². The lowest BCUT2D eigenvalue weighted by molar-refractivity contribution is -0.151. The molecule has 8 heteroatoms. The average molecular weight is 298 g/mol. The molecule has 21 heavy (non-hydrogen) atoms. The number of nitrogens with one attached hydrogen (secondary N) is 1. The average Bonchev–Trinajstić information content (AvgIpc) is 2.53. The van der Waals surface area contributed by atoms with Crippen molar-refractivity contribution in [3.8, 4) is 0 Å². The second kappa shape index (κ2) is 6.30. The van der Waals surface area contributed by atoms with Crippen LogP contribution in [-0.4, -0.2) is 60.1 Å². The van der Waals surface area contributed by atoms with Gasteiger partial charge in [-0.1, -0.05) is 12.1 Å². The van der Waals surface area contributed by atoms with Gasteiger partial charge in [0.15, 0.2) is 5.84 Å². The van der Waals surface area contributed by atoms with Gasteiger partial charge in [-0.2, -0.15) is 0 Å². The number of amides is 2. The highest BCUT2D eigenvalue weighted by molar-refractivity contribution is 6.08. The van der Waals surface area contributed by atoms with Gasteiger partial charge in [0.05, 0.1) is 0 Å². The number of nitrogens with two attached hydrogens (primary N) is 1. The summed E-state index contributed by atoms with van der Waals surface area (Å²) in [6.45, 7) is 3.46. The molecule has 0 aromatic carbocycles. The molecule has 0 aliphatic carbocycles. The maximum atomic E-state index is 13.0. The van der Waals surface area contributed by atoms with Gasteiger partial charge in [-0.25, -0.2) is 0 Å². The van der Waals surface area contributed by atoms with Crippen molar-refractivity contribution in [3.05, 3.63) is 0 Å². The van der Waals surface area contributed by atoms with E-state index < -0.39 is 11.5 Å². The van der Waals surface area contributed by atoms with Crippen LogP contribution in [0.25, 0.3) is 0 Å². The highest BCUT2D eigenvalue weighted by Crippen LogP contribution is 2.34. The van der Waals surface area contributed by atoms with E-state index in [1.807, 2.05) is 6.92 Å². The Morgan fingerprint density at radius 1 is 1.57 bits per heavy atom. The number of carbonyl (C=O) groups excluding carboxylic acids is 2. The predicted molar refractivity (Wildman–Crippen MR) is 74.7 cm³/mol. The first-order chi connectivity index (χ1) is 10.1. The lowest BCUT2D eigenvalue weighted by Crippen LogP contribution is -2.62. The van der Waals surface area contributed by atoms with E-state index in [1.54, 1.807) is 4.90 Å². The summed E-state index contributed by atoms with van der Waals surface area (Å²) >= 11 is 0. The maximum Gasteiger partial charge on any atom is 0.242 e. The van der Waals surface area contributed by atoms with Crippen LogP contribution in [0.3, 0.4) is 0 Å². The van der Waals surface area contributed by atoms with E-state index >= 15 is 0 Å². The van der Waals surface area contributed by atoms with Crippen LogP contribution in [0.5, 0.6) is 0 Å². The van der Waals surface area contributed by atoms with Gasteiger partial charge in [0, 0.05) is 26.3 Å². The number of hydrogen-bond acceptors (Lipinski definition) is 5. The van der Waals surface area contributed by atoms with Crippen LogP contribution in [-0.2, 0) is 14.3 Å². The quantitative estimate of drug-likeness (QED) is 0.275. The number of nitrogens with zero attached hydrogens (tertiary/aromatic N) is 2. The molecule has 2 fully saturated rings. The molecule has 2 heterocycles. The largest absolute Gasteiger partial charge is 0.409 e. The Bertz CT molecular complexity index is 445. The van der Waals surface area contributed by atoms with Crippen molar-refractivity contribution < 1.29 is 19.5 Å². The number of hydrogen-bond donors (Lipinski definition) is 3. The van der Waals surface area contributed by atoms with Gasteiger partial charge in [-0.05, 0) is 19.3 Å². The number of oxime groups is 1. The van der Waals surface area contributed by atoms with Gasteiger partial charge in [0.1, 0.15) is 11.5 Å². The van der Waals surface area contributed by atoms with E-state index in [-0.39, 0.29) is 17.6 Å². The van der Waals surface area contributed by atoms with Gasteiger partial charge in [-0.15, -0.1) is 0 Å². The standard InChI is InChI=1S/C13H22N4O4/c1-2-9-10(18)15-5-6-17(9)12(19)13(11(14)16-20)3-7-21-8-4-13/h9,20H,2-8H2,1H3,(H2,14,16)(H,15,18). The minimum Gasteiger partial charge on any atom is -0.409 e. The second-order valence-corrected chi connectivity index (χ2v) is 5.39. The third kappa shape index (κ3) is 2.67. The molecule has 2 aliphatic heterocycles. The molecular weight excluding hydrogens is 276 g/mol. The van der Waals surface area contributed by atoms with Crippen molar-refractivity contribution in [2.75, 3.05) is 26.3 Å². The Balaban J connectivity index is 2.31. The van der Waals surface area contributed by atoms with Crippen LogP contribution in [0.1, 0.15) is 26.2 Å². The van der Waals surface area contributed by atoms with Crippen LogP contribution in [0, 0.1) is 5.41 Å². The molecule has 4 N–H and O–H groups in total. The summed E-state index contributed by atoms with van der Waals surface area (Å²) in [5.41, 5.74) is 4.74. The molecule has 0 radical (unpaired) electrons. The van der Waals surface area contributed by atoms with Crippen molar-refractivity contribution in [2.45, 2.75) is 32.2 Å². The van der Waals surface area contributed by atoms with Crippen molar-refractivity contribution in [2.24, 2.45) is 16.3 Å². The fourth-order valence-corrected chi connectivity index (χ4v) is 3.03. The molecule has 8 nitrogen and oxygen atoms in total. The predicted octanol–water partition coefficient (Wildman–Crippen LogP) is -0.733. The molecule has 1 unspecified atom stereocenters. The number of rotatable bonds is 3. The molecule has 0 bridgehead atoms. The number of carbonyl (C=O) groups is 2. The molecule has 118 valence electrons. The molecule has 2 aliphatic rings. The smallest absolute Gasteiger partial charge is 0.242 e. The van der Waals surface area contributed by atoms with E-state index in [9.17, 15) is 9.59 Å². The second-order valence-electron chi connectivity index (χ2n) is 5.39. The van der Waals surface area contributed by atoms with Crippen LogP contribution in [0.15, 0.2) is 5.16 Å². The monoisotopic (exact) mass is 298 g/mol. The molecule has 0 aromatic heterocycles. The lowest BCUT2D eigenvalue weighted by Gasteiger charge is -2.42. The molecule has 0 spiro atoms. The first kappa shape index (κ1) is 15.6. The zero-order valence-corrected chi connectivity index (χ0v) is 12.2. The molecule has 2 saturated heterocycles. The van der Waals surface area contributed by atoms with Gasteiger partial charge >= 0.3 is 0 Å². The summed E-state index contributed by atoms with van der Waals surface area (Å²) in [4.78, 5) is 26.5. The minimum atomic E-state index is -1.07. The normalized spacial score (nSPS) is 26.3. The number of ether oxygens (including phenoxy) is 1. The van der Waals surface area contributed by atoms with E-state index in [1.165, 1.54) is 0 Å². The Morgan fingerprint density at radius 2 is 2.24 bits per heavy atom. The third-order valence-electron chi connectivity index (χ3n) is 4.33. The fourth-order valence-electron chi connectivity index (χ4n) is 3.03. The van der Waals surface area contributed by atoms with Crippen molar-refractivity contribution in [1.82, 2.24) is 10.2 Å².